The SMILES string of the molecule is Cc1c2c(cc3c1O/C(=C\c1ccc(Cl)c(Cl)c1)C3=O)CN(Cc1ccc(F)cc1)CO2. The number of hydrogen-bond donors (Lipinski definition) is 0. The van der Waals surface area contributed by atoms with Gasteiger partial charge in [-0.2, -0.15) is 0 Å². The van der Waals surface area contributed by atoms with E-state index in [0.717, 1.165) is 28.0 Å². The maximum atomic E-state index is 13.2. The molecule has 7 heteroatoms. The Morgan fingerprint density at radius 2 is 1.84 bits per heavy atom. The Hall–Kier alpha value is -2.86. The number of ether oxygens (including phenoxy) is 2. The third-order valence-electron chi connectivity index (χ3n) is 5.56. The van der Waals surface area contributed by atoms with E-state index in [9.17, 15) is 9.18 Å². The van der Waals surface area contributed by atoms with Crippen molar-refractivity contribution in [3.63, 3.8) is 0 Å². The van der Waals surface area contributed by atoms with E-state index in [1.807, 2.05) is 13.0 Å². The number of fused-ring (bicyclic) bond motifs is 2. The van der Waals surface area contributed by atoms with Crippen LogP contribution < -0.4 is 9.47 Å². The number of carbonyl (C=O) groups is 1. The van der Waals surface area contributed by atoms with Gasteiger partial charge in [0.15, 0.2) is 5.76 Å². The van der Waals surface area contributed by atoms with Gasteiger partial charge in [0.05, 0.1) is 15.6 Å². The maximum absolute atomic E-state index is 13.2. The van der Waals surface area contributed by atoms with E-state index in [-0.39, 0.29) is 17.4 Å². The molecule has 4 nitrogen and oxygen atoms in total. The first-order valence-electron chi connectivity index (χ1n) is 10.0. The van der Waals surface area contributed by atoms with Crippen molar-refractivity contribution in [2.75, 3.05) is 6.73 Å². The van der Waals surface area contributed by atoms with Gasteiger partial charge in [0.1, 0.15) is 24.0 Å². The van der Waals surface area contributed by atoms with Gasteiger partial charge in [-0.05, 0) is 54.5 Å². The fourth-order valence-electron chi connectivity index (χ4n) is 4.00. The highest BCUT2D eigenvalue weighted by atomic mass is 35.5. The normalized spacial score (nSPS) is 16.5. The van der Waals surface area contributed by atoms with Crippen LogP contribution in [0.5, 0.6) is 11.5 Å². The van der Waals surface area contributed by atoms with Gasteiger partial charge in [-0.25, -0.2) is 4.39 Å². The monoisotopic (exact) mass is 469 g/mol. The minimum absolute atomic E-state index is 0.187. The van der Waals surface area contributed by atoms with Gasteiger partial charge in [0.25, 0.3) is 0 Å². The van der Waals surface area contributed by atoms with Crippen molar-refractivity contribution in [2.45, 2.75) is 20.0 Å². The lowest BCUT2D eigenvalue weighted by molar-refractivity contribution is 0.0876. The van der Waals surface area contributed by atoms with Crippen molar-refractivity contribution >= 4 is 35.1 Å². The number of hydrogen-bond acceptors (Lipinski definition) is 4. The zero-order valence-corrected chi connectivity index (χ0v) is 18.6. The van der Waals surface area contributed by atoms with Crippen molar-refractivity contribution in [3.05, 3.63) is 98.0 Å². The van der Waals surface area contributed by atoms with Crippen LogP contribution in [0, 0.1) is 12.7 Å². The summed E-state index contributed by atoms with van der Waals surface area (Å²) in [5.41, 5.74) is 3.94. The summed E-state index contributed by atoms with van der Waals surface area (Å²) in [4.78, 5) is 15.1. The smallest absolute Gasteiger partial charge is 0.231 e. The highest BCUT2D eigenvalue weighted by Gasteiger charge is 2.33. The van der Waals surface area contributed by atoms with Crippen molar-refractivity contribution in [3.8, 4) is 11.5 Å². The largest absolute Gasteiger partial charge is 0.477 e. The fourth-order valence-corrected chi connectivity index (χ4v) is 4.31. The molecule has 0 saturated heterocycles. The van der Waals surface area contributed by atoms with Gasteiger partial charge in [-0.15, -0.1) is 0 Å². The third kappa shape index (κ3) is 3.88. The quantitative estimate of drug-likeness (QED) is 0.415. The molecule has 162 valence electrons. The molecule has 0 fully saturated rings. The molecule has 3 aromatic rings. The molecule has 0 N–H and O–H groups in total. The lowest BCUT2D eigenvalue weighted by Crippen LogP contribution is -2.32. The number of allylic oxidation sites excluding steroid dienone is 1. The van der Waals surface area contributed by atoms with E-state index >= 15 is 0 Å². The standard InChI is InChI=1S/C25H18Cl2FNO3/c1-14-24-17(12-29(13-31-24)11-15-2-5-18(28)6-3-15)10-19-23(30)22(32-25(14)19)9-16-4-7-20(26)21(27)8-16/h2-10H,11-13H2,1H3/b22-9-. The zero-order chi connectivity index (χ0) is 22.4. The molecule has 0 amide bonds. The maximum Gasteiger partial charge on any atom is 0.231 e. The van der Waals surface area contributed by atoms with Crippen LogP contribution in [0.4, 0.5) is 4.39 Å². The molecule has 2 aliphatic rings. The molecule has 3 aromatic carbocycles. The number of benzene rings is 3. The van der Waals surface area contributed by atoms with Gasteiger partial charge >= 0.3 is 0 Å². The first-order chi connectivity index (χ1) is 15.4. The van der Waals surface area contributed by atoms with Crippen LogP contribution >= 0.6 is 23.2 Å². The second-order valence-electron chi connectivity index (χ2n) is 7.87. The van der Waals surface area contributed by atoms with Crippen molar-refractivity contribution in [2.24, 2.45) is 0 Å². The molecule has 2 aliphatic heterocycles. The molecule has 2 heterocycles. The molecular weight excluding hydrogens is 452 g/mol. The van der Waals surface area contributed by atoms with E-state index in [0.29, 0.717) is 41.2 Å². The minimum atomic E-state index is -0.261. The minimum Gasteiger partial charge on any atom is -0.477 e. The summed E-state index contributed by atoms with van der Waals surface area (Å²) in [7, 11) is 0. The zero-order valence-electron chi connectivity index (χ0n) is 17.1. The highest BCUT2D eigenvalue weighted by molar-refractivity contribution is 6.42. The summed E-state index contributed by atoms with van der Waals surface area (Å²) in [6.07, 6.45) is 1.66. The van der Waals surface area contributed by atoms with Crippen LogP contribution in [0.3, 0.4) is 0 Å². The topological polar surface area (TPSA) is 38.8 Å². The molecule has 0 spiro atoms. The molecule has 0 unspecified atom stereocenters. The van der Waals surface area contributed by atoms with Crippen LogP contribution in [-0.2, 0) is 13.1 Å². The summed E-state index contributed by atoms with van der Waals surface area (Å²) in [5, 5.41) is 0.854. The van der Waals surface area contributed by atoms with E-state index < -0.39 is 0 Å². The van der Waals surface area contributed by atoms with Crippen LogP contribution in [0.15, 0.2) is 54.3 Å². The summed E-state index contributed by atoms with van der Waals surface area (Å²) in [6, 6.07) is 13.4. The summed E-state index contributed by atoms with van der Waals surface area (Å²) in [5.74, 6) is 1.04. The molecule has 0 atom stereocenters. The molecule has 0 radical (unpaired) electrons. The van der Waals surface area contributed by atoms with Crippen molar-refractivity contribution in [1.82, 2.24) is 4.90 Å². The number of nitrogens with zero attached hydrogens (tertiary/aromatic N) is 1. The van der Waals surface area contributed by atoms with Crippen LogP contribution in [0.2, 0.25) is 10.0 Å². The Morgan fingerprint density at radius 3 is 2.59 bits per heavy atom. The third-order valence-corrected chi connectivity index (χ3v) is 6.30. The Bertz CT molecular complexity index is 1270. The van der Waals surface area contributed by atoms with Gasteiger partial charge < -0.3 is 9.47 Å². The van der Waals surface area contributed by atoms with E-state index in [4.69, 9.17) is 32.7 Å². The first-order valence-corrected chi connectivity index (χ1v) is 10.8. The Balaban J connectivity index is 1.41. The molecule has 0 aromatic heterocycles. The fraction of sp³-hybridized carbons (Fsp3) is 0.160. The van der Waals surface area contributed by atoms with E-state index in [1.54, 1.807) is 36.4 Å². The Labute approximate surface area is 194 Å². The predicted octanol–water partition coefficient (Wildman–Crippen LogP) is 6.41. The molecule has 0 aliphatic carbocycles. The molecule has 32 heavy (non-hydrogen) atoms. The Morgan fingerprint density at radius 1 is 1.06 bits per heavy atom. The lowest BCUT2D eigenvalue weighted by atomic mass is 10.00. The average Bonchev–Trinajstić information content (AvgIpc) is 3.08. The number of rotatable bonds is 3. The summed E-state index contributed by atoms with van der Waals surface area (Å²) in [6.45, 7) is 3.51. The Kier molecular flexibility index (Phi) is 5.41. The molecule has 5 rings (SSSR count). The average molecular weight is 470 g/mol. The highest BCUT2D eigenvalue weighted by Crippen LogP contribution is 2.43. The first kappa shape index (κ1) is 21.0. The van der Waals surface area contributed by atoms with E-state index in [1.165, 1.54) is 12.1 Å². The molecule has 0 saturated carbocycles. The lowest BCUT2D eigenvalue weighted by Gasteiger charge is -2.30. The van der Waals surface area contributed by atoms with Crippen molar-refractivity contribution < 1.29 is 18.7 Å². The number of halogens is 3. The van der Waals surface area contributed by atoms with Gasteiger partial charge in [-0.1, -0.05) is 41.4 Å². The van der Waals surface area contributed by atoms with Gasteiger partial charge in [0, 0.05) is 24.2 Å². The number of ketones is 1. The van der Waals surface area contributed by atoms with Crippen LogP contribution in [-0.4, -0.2) is 17.4 Å². The predicted molar refractivity (Wildman–Crippen MR) is 122 cm³/mol. The second-order valence-corrected chi connectivity index (χ2v) is 8.68. The van der Waals surface area contributed by atoms with Gasteiger partial charge in [0.2, 0.25) is 5.78 Å². The molecular formula is C25H18Cl2FNO3. The van der Waals surface area contributed by atoms with Crippen molar-refractivity contribution in [1.29, 1.82) is 0 Å². The van der Waals surface area contributed by atoms with E-state index in [2.05, 4.69) is 4.90 Å². The number of Topliss-reactive ketones (excluding diaryl/α,β-unsaturated/α-hetero) is 1. The second kappa shape index (κ2) is 8.24. The van der Waals surface area contributed by atoms with Crippen LogP contribution in [0.25, 0.3) is 6.08 Å². The molecule has 0 bridgehead atoms. The van der Waals surface area contributed by atoms with Crippen LogP contribution in [0.1, 0.15) is 32.6 Å². The number of carbonyl (C=O) groups excluding carboxylic acids is 1. The van der Waals surface area contributed by atoms with Gasteiger partial charge in [-0.3, -0.25) is 9.69 Å². The summed E-state index contributed by atoms with van der Waals surface area (Å²) >= 11 is 12.1. The summed E-state index contributed by atoms with van der Waals surface area (Å²) < 4.78 is 25.1.